The molecule has 0 aliphatic carbocycles. The molecule has 0 aromatic heterocycles. The van der Waals surface area contributed by atoms with Crippen molar-refractivity contribution in [2.75, 3.05) is 0 Å². The molecule has 1 nitrogen and oxygen atoms in total. The summed E-state index contributed by atoms with van der Waals surface area (Å²) >= 11 is -3.47. The summed E-state index contributed by atoms with van der Waals surface area (Å²) in [5, 5.41) is 0. The maximum atomic E-state index is 13.9. The molecule has 4 rings (SSSR count). The molecule has 1 aliphatic heterocycles. The van der Waals surface area contributed by atoms with Gasteiger partial charge in [0.25, 0.3) is 0 Å². The van der Waals surface area contributed by atoms with Gasteiger partial charge in [-0.3, -0.25) is 0 Å². The molecule has 2 heteroatoms. The summed E-state index contributed by atoms with van der Waals surface area (Å²) < 4.78 is 16.9. The van der Waals surface area contributed by atoms with Crippen LogP contribution in [0.4, 0.5) is 0 Å². The first kappa shape index (κ1) is 11.8. The Morgan fingerprint density at radius 2 is 1.00 bits per heavy atom. The molecule has 96 valence electrons. The van der Waals surface area contributed by atoms with Gasteiger partial charge in [-0.05, 0) is 0 Å². The Morgan fingerprint density at radius 1 is 0.550 bits per heavy atom. The van der Waals surface area contributed by atoms with Gasteiger partial charge in [0.05, 0.1) is 0 Å². The van der Waals surface area contributed by atoms with Gasteiger partial charge in [-0.25, -0.2) is 0 Å². The second-order valence-corrected chi connectivity index (χ2v) is 10.6. The van der Waals surface area contributed by atoms with Gasteiger partial charge in [-0.1, -0.05) is 0 Å². The third-order valence-corrected chi connectivity index (χ3v) is 10.5. The number of hydrogen-bond acceptors (Lipinski definition) is 1. The first-order chi connectivity index (χ1) is 9.82. The average molecular weight is 320 g/mol. The molecule has 0 saturated heterocycles. The standard InChI is InChI=1S/C18H13AsO/c20-19(14-8-2-1-3-9-14)17-12-6-4-10-15(17)16-11-5-7-13-18(16)19/h1-13H. The van der Waals surface area contributed by atoms with E-state index in [0.29, 0.717) is 0 Å². The van der Waals surface area contributed by atoms with Crippen molar-refractivity contribution < 1.29 is 3.74 Å². The fourth-order valence-corrected chi connectivity index (χ4v) is 9.44. The molecule has 0 atom stereocenters. The van der Waals surface area contributed by atoms with Gasteiger partial charge in [0.2, 0.25) is 0 Å². The zero-order chi connectivity index (χ0) is 13.6. The Labute approximate surface area is 120 Å². The topological polar surface area (TPSA) is 17.1 Å². The quantitative estimate of drug-likeness (QED) is 0.491. The number of benzene rings is 3. The molecule has 3 aromatic rings. The van der Waals surface area contributed by atoms with Crippen molar-refractivity contribution in [2.24, 2.45) is 0 Å². The zero-order valence-electron chi connectivity index (χ0n) is 10.9. The fourth-order valence-electron chi connectivity index (χ4n) is 3.00. The average Bonchev–Trinajstić information content (AvgIpc) is 2.80. The summed E-state index contributed by atoms with van der Waals surface area (Å²) in [6.45, 7) is 0. The van der Waals surface area contributed by atoms with Gasteiger partial charge >= 0.3 is 120 Å². The summed E-state index contributed by atoms with van der Waals surface area (Å²) in [5.74, 6) is 0. The van der Waals surface area contributed by atoms with Crippen molar-refractivity contribution in [3.05, 3.63) is 78.9 Å². The molecule has 3 aromatic carbocycles. The van der Waals surface area contributed by atoms with Crippen LogP contribution in [0.2, 0.25) is 0 Å². The molecular weight excluding hydrogens is 307 g/mol. The van der Waals surface area contributed by atoms with Crippen LogP contribution in [0.1, 0.15) is 0 Å². The van der Waals surface area contributed by atoms with Crippen LogP contribution in [-0.4, -0.2) is 13.5 Å². The maximum absolute atomic E-state index is 13.9. The second-order valence-electron chi connectivity index (χ2n) is 4.98. The normalized spacial score (nSPS) is 14.6. The van der Waals surface area contributed by atoms with E-state index in [-0.39, 0.29) is 0 Å². The van der Waals surface area contributed by atoms with Crippen LogP contribution in [0.25, 0.3) is 11.1 Å². The van der Waals surface area contributed by atoms with E-state index in [1.54, 1.807) is 0 Å². The van der Waals surface area contributed by atoms with Crippen molar-refractivity contribution in [1.29, 1.82) is 0 Å². The van der Waals surface area contributed by atoms with Crippen LogP contribution in [0.15, 0.2) is 78.9 Å². The van der Waals surface area contributed by atoms with Gasteiger partial charge in [-0.15, -0.1) is 0 Å². The van der Waals surface area contributed by atoms with E-state index in [0.717, 1.165) is 24.2 Å². The first-order valence-electron chi connectivity index (χ1n) is 6.67. The van der Waals surface area contributed by atoms with E-state index in [9.17, 15) is 3.74 Å². The molecule has 0 spiro atoms. The minimum atomic E-state index is -3.47. The summed E-state index contributed by atoms with van der Waals surface area (Å²) in [7, 11) is 0. The second kappa shape index (κ2) is 4.26. The molecule has 0 saturated carbocycles. The van der Waals surface area contributed by atoms with Gasteiger partial charge in [0.15, 0.2) is 0 Å². The predicted octanol–water partition coefficient (Wildman–Crippen LogP) is 2.06. The molecule has 0 radical (unpaired) electrons. The van der Waals surface area contributed by atoms with Gasteiger partial charge in [0, 0.05) is 0 Å². The van der Waals surface area contributed by atoms with Crippen molar-refractivity contribution in [2.45, 2.75) is 0 Å². The summed E-state index contributed by atoms with van der Waals surface area (Å²) in [6, 6.07) is 26.2. The fraction of sp³-hybridized carbons (Fsp3) is 0. The van der Waals surface area contributed by atoms with E-state index in [1.807, 2.05) is 66.7 Å². The Balaban J connectivity index is 2.13. The Morgan fingerprint density at radius 3 is 1.55 bits per heavy atom. The molecule has 0 fully saturated rings. The van der Waals surface area contributed by atoms with Crippen LogP contribution >= 0.6 is 0 Å². The van der Waals surface area contributed by atoms with E-state index in [2.05, 4.69) is 12.1 Å². The molecular formula is C18H13AsO. The van der Waals surface area contributed by atoms with Gasteiger partial charge in [-0.2, -0.15) is 0 Å². The Kier molecular flexibility index (Phi) is 2.52. The molecule has 0 amide bonds. The monoisotopic (exact) mass is 320 g/mol. The van der Waals surface area contributed by atoms with Crippen LogP contribution in [0, 0.1) is 0 Å². The predicted molar refractivity (Wildman–Crippen MR) is 83.7 cm³/mol. The minimum absolute atomic E-state index is 0.975. The Bertz CT molecular complexity index is 787. The molecule has 20 heavy (non-hydrogen) atoms. The number of rotatable bonds is 1. The Hall–Kier alpha value is -1.98. The van der Waals surface area contributed by atoms with Gasteiger partial charge in [0.1, 0.15) is 0 Å². The molecule has 1 heterocycles. The van der Waals surface area contributed by atoms with Crippen LogP contribution in [0.5, 0.6) is 0 Å². The molecule has 0 bridgehead atoms. The summed E-state index contributed by atoms with van der Waals surface area (Å²) in [5.41, 5.74) is 2.27. The van der Waals surface area contributed by atoms with Crippen LogP contribution in [0.3, 0.4) is 0 Å². The third-order valence-electron chi connectivity index (χ3n) is 3.90. The number of fused-ring (bicyclic) bond motifs is 3. The van der Waals surface area contributed by atoms with E-state index < -0.39 is 13.5 Å². The molecule has 0 unspecified atom stereocenters. The van der Waals surface area contributed by atoms with E-state index in [4.69, 9.17) is 0 Å². The molecule has 1 aliphatic rings. The van der Waals surface area contributed by atoms with Crippen molar-refractivity contribution in [3.63, 3.8) is 0 Å². The summed E-state index contributed by atoms with van der Waals surface area (Å²) in [4.78, 5) is 0. The SMILES string of the molecule is O=[As]1(c2ccccc2)c2ccccc2-c2ccccc21. The van der Waals surface area contributed by atoms with Crippen LogP contribution in [-0.2, 0) is 3.74 Å². The van der Waals surface area contributed by atoms with E-state index in [1.165, 1.54) is 0 Å². The zero-order valence-corrected chi connectivity index (χ0v) is 12.7. The summed E-state index contributed by atoms with van der Waals surface area (Å²) in [6.07, 6.45) is 0. The van der Waals surface area contributed by atoms with Gasteiger partial charge < -0.3 is 0 Å². The van der Waals surface area contributed by atoms with Crippen molar-refractivity contribution in [3.8, 4) is 11.1 Å². The molecule has 0 N–H and O–H groups in total. The van der Waals surface area contributed by atoms with E-state index >= 15 is 0 Å². The van der Waals surface area contributed by atoms with Crippen molar-refractivity contribution in [1.82, 2.24) is 0 Å². The van der Waals surface area contributed by atoms with Crippen LogP contribution < -0.4 is 13.1 Å². The first-order valence-corrected chi connectivity index (χ1v) is 10.2. The van der Waals surface area contributed by atoms with Crippen molar-refractivity contribution >= 4 is 26.5 Å². The third kappa shape index (κ3) is 1.44. The number of hydrogen-bond donors (Lipinski definition) is 0.